The normalized spacial score (nSPS) is 10.4. The summed E-state index contributed by atoms with van der Waals surface area (Å²) in [5.41, 5.74) is 6.07. The molecule has 0 aliphatic carbocycles. The van der Waals surface area contributed by atoms with Crippen LogP contribution in [0.3, 0.4) is 0 Å². The van der Waals surface area contributed by atoms with Crippen LogP contribution in [0.5, 0.6) is 0 Å². The van der Waals surface area contributed by atoms with Gasteiger partial charge >= 0.3 is 0 Å². The minimum atomic E-state index is -0.0753. The molecule has 0 spiro atoms. The molecule has 0 bridgehead atoms. The predicted molar refractivity (Wildman–Crippen MR) is 65.0 cm³/mol. The Bertz CT molecular complexity index is 433. The van der Waals surface area contributed by atoms with Gasteiger partial charge in [-0.25, -0.2) is 4.68 Å². The van der Waals surface area contributed by atoms with Gasteiger partial charge in [0, 0.05) is 19.1 Å². The van der Waals surface area contributed by atoms with Gasteiger partial charge in [-0.15, -0.1) is 5.10 Å². The van der Waals surface area contributed by atoms with Gasteiger partial charge in [0.1, 0.15) is 6.54 Å². The summed E-state index contributed by atoms with van der Waals surface area (Å²) in [6.07, 6.45) is 1.98. The second kappa shape index (κ2) is 6.71. The molecular weight excluding hydrogens is 232 g/mol. The molecule has 2 N–H and O–H groups in total. The lowest BCUT2D eigenvalue weighted by atomic mass is 10.3. The van der Waals surface area contributed by atoms with Crippen LogP contribution in [0.1, 0.15) is 26.0 Å². The molecule has 1 heterocycles. The van der Waals surface area contributed by atoms with E-state index >= 15 is 0 Å². The van der Waals surface area contributed by atoms with Gasteiger partial charge in [0.25, 0.3) is 0 Å². The van der Waals surface area contributed by atoms with Crippen LogP contribution in [0.15, 0.2) is 6.20 Å². The molecular formula is C11H18N6O. The Balaban J connectivity index is 2.63. The van der Waals surface area contributed by atoms with E-state index in [1.54, 1.807) is 11.1 Å². The third kappa shape index (κ3) is 3.82. The van der Waals surface area contributed by atoms with Crippen molar-refractivity contribution in [3.8, 4) is 6.07 Å². The quantitative estimate of drug-likeness (QED) is 0.759. The SMILES string of the molecule is CC(C)N(CCC#N)C(=O)Cn1cc(CN)nn1. The first kappa shape index (κ1) is 14.1. The lowest BCUT2D eigenvalue weighted by Gasteiger charge is -2.25. The fourth-order valence-electron chi connectivity index (χ4n) is 1.58. The molecule has 0 aliphatic rings. The molecule has 0 saturated carbocycles. The number of carbonyl (C=O) groups is 1. The van der Waals surface area contributed by atoms with Gasteiger partial charge < -0.3 is 10.6 Å². The molecule has 18 heavy (non-hydrogen) atoms. The van der Waals surface area contributed by atoms with Crippen LogP contribution in [-0.2, 0) is 17.9 Å². The van der Waals surface area contributed by atoms with Crippen molar-refractivity contribution in [2.45, 2.75) is 39.4 Å². The minimum absolute atomic E-state index is 0.0587. The number of aromatic nitrogens is 3. The van der Waals surface area contributed by atoms with Crippen molar-refractivity contribution in [1.82, 2.24) is 19.9 Å². The van der Waals surface area contributed by atoms with Crippen molar-refractivity contribution in [3.63, 3.8) is 0 Å². The van der Waals surface area contributed by atoms with Gasteiger partial charge in [-0.1, -0.05) is 5.21 Å². The van der Waals surface area contributed by atoms with Gasteiger partial charge in [-0.2, -0.15) is 5.26 Å². The zero-order valence-corrected chi connectivity index (χ0v) is 10.7. The summed E-state index contributed by atoms with van der Waals surface area (Å²) >= 11 is 0. The summed E-state index contributed by atoms with van der Waals surface area (Å²) in [6.45, 7) is 4.70. The smallest absolute Gasteiger partial charge is 0.244 e. The number of rotatable bonds is 6. The van der Waals surface area contributed by atoms with Crippen molar-refractivity contribution in [3.05, 3.63) is 11.9 Å². The van der Waals surface area contributed by atoms with Crippen molar-refractivity contribution in [2.24, 2.45) is 5.73 Å². The number of nitriles is 1. The number of nitrogens with two attached hydrogens (primary N) is 1. The van der Waals surface area contributed by atoms with E-state index in [1.807, 2.05) is 19.9 Å². The van der Waals surface area contributed by atoms with Crippen LogP contribution in [0.2, 0.25) is 0 Å². The first-order valence-corrected chi connectivity index (χ1v) is 5.84. The molecule has 1 rings (SSSR count). The van der Waals surface area contributed by atoms with Crippen LogP contribution < -0.4 is 5.73 Å². The fraction of sp³-hybridized carbons (Fsp3) is 0.636. The minimum Gasteiger partial charge on any atom is -0.338 e. The fourth-order valence-corrected chi connectivity index (χ4v) is 1.58. The molecule has 0 fully saturated rings. The predicted octanol–water partition coefficient (Wildman–Crippen LogP) is -0.113. The van der Waals surface area contributed by atoms with Gasteiger partial charge in [0.2, 0.25) is 5.91 Å². The first-order chi connectivity index (χ1) is 8.58. The van der Waals surface area contributed by atoms with Crippen LogP contribution in [0.25, 0.3) is 0 Å². The lowest BCUT2D eigenvalue weighted by molar-refractivity contribution is -0.133. The number of nitrogens with zero attached hydrogens (tertiary/aromatic N) is 5. The highest BCUT2D eigenvalue weighted by molar-refractivity contribution is 5.76. The number of hydrogen-bond donors (Lipinski definition) is 1. The van der Waals surface area contributed by atoms with Crippen LogP contribution in [0.4, 0.5) is 0 Å². The average molecular weight is 250 g/mol. The monoisotopic (exact) mass is 250 g/mol. The first-order valence-electron chi connectivity index (χ1n) is 5.84. The second-order valence-corrected chi connectivity index (χ2v) is 4.20. The summed E-state index contributed by atoms with van der Waals surface area (Å²) in [5.74, 6) is -0.0753. The molecule has 7 heteroatoms. The zero-order chi connectivity index (χ0) is 13.5. The van der Waals surface area contributed by atoms with Gasteiger partial charge in [0.05, 0.1) is 24.4 Å². The molecule has 0 unspecified atom stereocenters. The summed E-state index contributed by atoms with van der Waals surface area (Å²) in [4.78, 5) is 13.7. The van der Waals surface area contributed by atoms with E-state index in [2.05, 4.69) is 10.3 Å². The Labute approximate surface area is 106 Å². The third-order valence-electron chi connectivity index (χ3n) is 2.50. The maximum Gasteiger partial charge on any atom is 0.244 e. The van der Waals surface area contributed by atoms with Crippen molar-refractivity contribution < 1.29 is 4.79 Å². The molecule has 0 aromatic carbocycles. The molecule has 98 valence electrons. The summed E-state index contributed by atoms with van der Waals surface area (Å²) < 4.78 is 1.46. The number of amides is 1. The third-order valence-corrected chi connectivity index (χ3v) is 2.50. The summed E-state index contributed by atoms with van der Waals surface area (Å²) in [5, 5.41) is 16.2. The summed E-state index contributed by atoms with van der Waals surface area (Å²) in [6, 6.07) is 2.10. The lowest BCUT2D eigenvalue weighted by Crippen LogP contribution is -2.39. The molecule has 0 radical (unpaired) electrons. The molecule has 0 saturated heterocycles. The van der Waals surface area contributed by atoms with Gasteiger partial charge in [-0.05, 0) is 13.8 Å². The Kier molecular flexibility index (Phi) is 5.27. The van der Waals surface area contributed by atoms with Gasteiger partial charge in [0.15, 0.2) is 0 Å². The van der Waals surface area contributed by atoms with Gasteiger partial charge in [-0.3, -0.25) is 4.79 Å². The summed E-state index contributed by atoms with van der Waals surface area (Å²) in [7, 11) is 0. The largest absolute Gasteiger partial charge is 0.338 e. The van der Waals surface area contributed by atoms with E-state index in [1.165, 1.54) is 4.68 Å². The Hall–Kier alpha value is -1.94. The van der Waals surface area contributed by atoms with E-state index < -0.39 is 0 Å². The van der Waals surface area contributed by atoms with Crippen LogP contribution >= 0.6 is 0 Å². The zero-order valence-electron chi connectivity index (χ0n) is 10.7. The molecule has 1 aromatic rings. The van der Waals surface area contributed by atoms with E-state index in [9.17, 15) is 4.79 Å². The van der Waals surface area contributed by atoms with E-state index in [0.29, 0.717) is 25.2 Å². The Morgan fingerprint density at radius 2 is 2.39 bits per heavy atom. The van der Waals surface area contributed by atoms with Crippen LogP contribution in [0, 0.1) is 11.3 Å². The molecule has 0 aliphatic heterocycles. The Morgan fingerprint density at radius 3 is 2.89 bits per heavy atom. The number of hydrogen-bond acceptors (Lipinski definition) is 5. The second-order valence-electron chi connectivity index (χ2n) is 4.20. The molecule has 1 amide bonds. The van der Waals surface area contributed by atoms with E-state index in [-0.39, 0.29) is 18.5 Å². The van der Waals surface area contributed by atoms with Crippen LogP contribution in [-0.4, -0.2) is 38.4 Å². The van der Waals surface area contributed by atoms with Crippen molar-refractivity contribution in [1.29, 1.82) is 5.26 Å². The van der Waals surface area contributed by atoms with E-state index in [4.69, 9.17) is 11.0 Å². The highest BCUT2D eigenvalue weighted by Crippen LogP contribution is 2.02. The Morgan fingerprint density at radius 1 is 1.67 bits per heavy atom. The average Bonchev–Trinajstić information content (AvgIpc) is 2.76. The van der Waals surface area contributed by atoms with Crippen molar-refractivity contribution in [2.75, 3.05) is 6.54 Å². The topological polar surface area (TPSA) is 101 Å². The standard InChI is InChI=1S/C11H18N6O/c1-9(2)17(5-3-4-12)11(18)8-16-7-10(6-13)14-15-16/h7,9H,3,5-6,8,13H2,1-2H3. The number of carbonyl (C=O) groups excluding carboxylic acids is 1. The maximum atomic E-state index is 12.1. The van der Waals surface area contributed by atoms with E-state index in [0.717, 1.165) is 0 Å². The molecule has 7 nitrogen and oxygen atoms in total. The highest BCUT2D eigenvalue weighted by atomic mass is 16.2. The van der Waals surface area contributed by atoms with Crippen molar-refractivity contribution >= 4 is 5.91 Å². The molecule has 1 aromatic heterocycles. The highest BCUT2D eigenvalue weighted by Gasteiger charge is 2.17. The maximum absolute atomic E-state index is 12.1. The molecule has 0 atom stereocenters.